The van der Waals surface area contributed by atoms with Crippen LogP contribution in [0.3, 0.4) is 0 Å². The van der Waals surface area contributed by atoms with Gasteiger partial charge in [-0.15, -0.1) is 0 Å². The van der Waals surface area contributed by atoms with Gasteiger partial charge in [-0.3, -0.25) is 14.5 Å². The van der Waals surface area contributed by atoms with E-state index in [4.69, 9.17) is 21.1 Å². The molecule has 1 saturated heterocycles. The summed E-state index contributed by atoms with van der Waals surface area (Å²) in [6, 6.07) is 2.34. The van der Waals surface area contributed by atoms with Gasteiger partial charge in [-0.25, -0.2) is 9.18 Å². The number of carbonyl (C=O) groups excluding carboxylic acids is 3. The van der Waals surface area contributed by atoms with E-state index in [1.165, 1.54) is 17.0 Å². The second-order valence-electron chi connectivity index (χ2n) is 9.72. The minimum absolute atomic E-state index is 0.0254. The lowest BCUT2D eigenvalue weighted by molar-refractivity contribution is -0.135. The first-order valence-electron chi connectivity index (χ1n) is 11.9. The van der Waals surface area contributed by atoms with Gasteiger partial charge >= 0.3 is 12.3 Å². The van der Waals surface area contributed by atoms with Crippen molar-refractivity contribution in [1.82, 2.24) is 15.5 Å². The minimum Gasteiger partial charge on any atom is -0.484 e. The number of piperidine rings is 1. The van der Waals surface area contributed by atoms with Gasteiger partial charge < -0.3 is 20.1 Å². The summed E-state index contributed by atoms with van der Waals surface area (Å²) >= 11 is 5.62. The smallest absolute Gasteiger partial charge is 0.411 e. The summed E-state index contributed by atoms with van der Waals surface area (Å²) in [6.07, 6.45) is -5.38. The van der Waals surface area contributed by atoms with Gasteiger partial charge in [0.25, 0.3) is 5.91 Å². The van der Waals surface area contributed by atoms with Crippen molar-refractivity contribution in [2.75, 3.05) is 19.7 Å². The summed E-state index contributed by atoms with van der Waals surface area (Å²) < 4.78 is 61.1. The lowest BCUT2D eigenvalue weighted by atomic mass is 9.97. The van der Waals surface area contributed by atoms with Gasteiger partial charge in [-0.2, -0.15) is 13.2 Å². The summed E-state index contributed by atoms with van der Waals surface area (Å²) in [5, 5.41) is 5.23. The molecule has 0 unspecified atom stereocenters. The number of likely N-dealkylation sites (tertiary alicyclic amines) is 1. The lowest BCUT2D eigenvalue weighted by Gasteiger charge is -2.39. The molecule has 0 spiro atoms. The van der Waals surface area contributed by atoms with Crippen molar-refractivity contribution in [3.05, 3.63) is 29.0 Å². The van der Waals surface area contributed by atoms with E-state index in [9.17, 15) is 31.9 Å². The van der Waals surface area contributed by atoms with Gasteiger partial charge in [0.05, 0.1) is 5.02 Å². The Morgan fingerprint density at radius 2 is 1.84 bits per heavy atom. The zero-order chi connectivity index (χ0) is 27.8. The molecule has 0 bridgehead atoms. The Hall–Kier alpha value is -2.76. The van der Waals surface area contributed by atoms with Gasteiger partial charge in [0.15, 0.2) is 6.61 Å². The molecule has 1 aromatic rings. The van der Waals surface area contributed by atoms with Gasteiger partial charge in [-0.05, 0) is 58.6 Å². The number of halogens is 5. The molecule has 0 saturated carbocycles. The van der Waals surface area contributed by atoms with Crippen molar-refractivity contribution in [3.8, 4) is 5.75 Å². The fraction of sp³-hybridized carbons (Fsp3) is 0.625. The van der Waals surface area contributed by atoms with E-state index in [1.807, 2.05) is 0 Å². The van der Waals surface area contributed by atoms with E-state index < -0.39 is 60.6 Å². The number of unbranched alkanes of at least 4 members (excludes halogenated alkanes) is 1. The van der Waals surface area contributed by atoms with Crippen LogP contribution in [0.4, 0.5) is 22.4 Å². The average molecular weight is 554 g/mol. The maximum Gasteiger partial charge on any atom is 0.411 e. The van der Waals surface area contributed by atoms with E-state index in [0.717, 1.165) is 6.07 Å². The predicted octanol–water partition coefficient (Wildman–Crippen LogP) is 4.59. The SMILES string of the molecule is CC(C)(C)OC(=O)N1C[C@@H](NC(=O)COc2ccc(Cl)c(F)c2)CC[C@@H]1C(=O)NCCCCC(F)(F)F. The molecule has 0 aliphatic carbocycles. The molecule has 0 radical (unpaired) electrons. The lowest BCUT2D eigenvalue weighted by Crippen LogP contribution is -2.59. The van der Waals surface area contributed by atoms with Crippen molar-refractivity contribution in [3.63, 3.8) is 0 Å². The zero-order valence-corrected chi connectivity index (χ0v) is 21.7. The number of hydrogen-bond acceptors (Lipinski definition) is 5. The normalized spacial score (nSPS) is 18.2. The number of rotatable bonds is 9. The molecule has 1 fully saturated rings. The summed E-state index contributed by atoms with van der Waals surface area (Å²) in [6.45, 7) is 4.60. The molecule has 1 aliphatic rings. The second kappa shape index (κ2) is 13.2. The van der Waals surface area contributed by atoms with Crippen molar-refractivity contribution in [1.29, 1.82) is 0 Å². The minimum atomic E-state index is -4.25. The number of carbonyl (C=O) groups is 3. The van der Waals surface area contributed by atoms with Gasteiger partial charge in [0.2, 0.25) is 5.91 Å². The second-order valence-corrected chi connectivity index (χ2v) is 10.1. The Labute approximate surface area is 218 Å². The van der Waals surface area contributed by atoms with Gasteiger partial charge in [-0.1, -0.05) is 11.6 Å². The van der Waals surface area contributed by atoms with E-state index in [-0.39, 0.29) is 43.1 Å². The van der Waals surface area contributed by atoms with Crippen LogP contribution in [0.2, 0.25) is 5.02 Å². The number of benzene rings is 1. The standard InChI is InChI=1S/C24H32ClF4N3O5/c1-23(2,3)37-22(35)32-13-15(31-20(33)14-36-16-7-8-17(25)18(26)12-16)6-9-19(32)21(34)30-11-5-4-10-24(27,28)29/h7-8,12,15,19H,4-6,9-11,13-14H2,1-3H3,(H,30,34)(H,31,33)/t15-,19+/m0/s1. The highest BCUT2D eigenvalue weighted by Crippen LogP contribution is 2.24. The number of hydrogen-bond donors (Lipinski definition) is 2. The summed E-state index contributed by atoms with van der Waals surface area (Å²) in [5.74, 6) is -1.60. The van der Waals surface area contributed by atoms with Crippen LogP contribution in [-0.4, -0.2) is 66.4 Å². The molecule has 3 amide bonds. The van der Waals surface area contributed by atoms with Crippen molar-refractivity contribution in [2.24, 2.45) is 0 Å². The summed E-state index contributed by atoms with van der Waals surface area (Å²) in [5.41, 5.74) is -0.840. The molecular weight excluding hydrogens is 522 g/mol. The van der Waals surface area contributed by atoms with Crippen molar-refractivity contribution < 1.29 is 41.4 Å². The van der Waals surface area contributed by atoms with Crippen LogP contribution < -0.4 is 15.4 Å². The summed E-state index contributed by atoms with van der Waals surface area (Å²) in [4.78, 5) is 39.2. The molecule has 37 heavy (non-hydrogen) atoms. The molecule has 208 valence electrons. The molecule has 1 heterocycles. The Bertz CT molecular complexity index is 955. The first-order chi connectivity index (χ1) is 17.1. The van der Waals surface area contributed by atoms with Crippen LogP contribution in [0.25, 0.3) is 0 Å². The molecule has 1 aliphatic heterocycles. The van der Waals surface area contributed by atoms with Crippen LogP contribution >= 0.6 is 11.6 Å². The highest BCUT2D eigenvalue weighted by molar-refractivity contribution is 6.30. The number of nitrogens with one attached hydrogen (secondary N) is 2. The van der Waals surface area contributed by atoms with Crippen LogP contribution in [0.1, 0.15) is 52.9 Å². The van der Waals surface area contributed by atoms with Crippen molar-refractivity contribution in [2.45, 2.75) is 76.7 Å². The topological polar surface area (TPSA) is 97.0 Å². The Balaban J connectivity index is 1.94. The quantitative estimate of drug-likeness (QED) is 0.344. The maximum atomic E-state index is 13.5. The van der Waals surface area contributed by atoms with Crippen molar-refractivity contribution >= 4 is 29.5 Å². The van der Waals surface area contributed by atoms with E-state index in [2.05, 4.69) is 10.6 Å². The van der Waals surface area contributed by atoms with Crippen LogP contribution in [0, 0.1) is 5.82 Å². The third-order valence-corrected chi connectivity index (χ3v) is 5.63. The molecular formula is C24H32ClF4N3O5. The maximum absolute atomic E-state index is 13.5. The monoisotopic (exact) mass is 553 g/mol. The predicted molar refractivity (Wildman–Crippen MR) is 128 cm³/mol. The third-order valence-electron chi connectivity index (χ3n) is 5.32. The zero-order valence-electron chi connectivity index (χ0n) is 20.9. The van der Waals surface area contributed by atoms with E-state index >= 15 is 0 Å². The number of amides is 3. The number of alkyl halides is 3. The molecule has 1 aromatic carbocycles. The van der Waals surface area contributed by atoms with Crippen LogP contribution in [0.15, 0.2) is 18.2 Å². The summed E-state index contributed by atoms with van der Waals surface area (Å²) in [7, 11) is 0. The Morgan fingerprint density at radius 1 is 1.14 bits per heavy atom. The highest BCUT2D eigenvalue weighted by atomic mass is 35.5. The highest BCUT2D eigenvalue weighted by Gasteiger charge is 2.38. The molecule has 2 rings (SSSR count). The average Bonchev–Trinajstić information content (AvgIpc) is 2.77. The first-order valence-corrected chi connectivity index (χ1v) is 12.2. The fourth-order valence-electron chi connectivity index (χ4n) is 3.65. The molecule has 8 nitrogen and oxygen atoms in total. The van der Waals surface area contributed by atoms with Crippen LogP contribution in [-0.2, 0) is 14.3 Å². The van der Waals surface area contributed by atoms with Gasteiger partial charge in [0.1, 0.15) is 23.2 Å². The Morgan fingerprint density at radius 3 is 2.46 bits per heavy atom. The van der Waals surface area contributed by atoms with Gasteiger partial charge in [0, 0.05) is 31.6 Å². The van der Waals surface area contributed by atoms with E-state index in [1.54, 1.807) is 20.8 Å². The van der Waals surface area contributed by atoms with E-state index in [0.29, 0.717) is 6.42 Å². The largest absolute Gasteiger partial charge is 0.484 e. The molecule has 13 heteroatoms. The Kier molecular flexibility index (Phi) is 10.8. The third kappa shape index (κ3) is 11.0. The number of nitrogens with zero attached hydrogens (tertiary/aromatic N) is 1. The molecule has 0 aromatic heterocycles. The fourth-order valence-corrected chi connectivity index (χ4v) is 3.77. The molecule has 2 N–H and O–H groups in total. The first kappa shape index (κ1) is 30.5. The van der Waals surface area contributed by atoms with Crippen LogP contribution in [0.5, 0.6) is 5.75 Å². The molecule has 2 atom stereocenters. The number of ether oxygens (including phenoxy) is 2.